The maximum absolute atomic E-state index is 12.9. The summed E-state index contributed by atoms with van der Waals surface area (Å²) in [5.41, 5.74) is 2.00. The zero-order valence-corrected chi connectivity index (χ0v) is 18.5. The summed E-state index contributed by atoms with van der Waals surface area (Å²) in [6, 6.07) is 5.58. The number of alkyl halides is 3. The molecule has 0 spiro atoms. The van der Waals surface area contributed by atoms with Crippen LogP contribution in [0.3, 0.4) is 0 Å². The van der Waals surface area contributed by atoms with Crippen molar-refractivity contribution in [3.63, 3.8) is 0 Å². The SMILES string of the molecule is CN(C[C@@H]1CCCN(CCc2cccc(C(F)(F)F)c2)C1)C(=O)c1onc2c1CCCC2. The first kappa shape index (κ1) is 22.8. The van der Waals surface area contributed by atoms with Crippen molar-refractivity contribution in [1.29, 1.82) is 0 Å². The third-order valence-corrected chi connectivity index (χ3v) is 6.61. The molecule has 1 aromatic carbocycles. The average Bonchev–Trinajstić information content (AvgIpc) is 3.21. The van der Waals surface area contributed by atoms with Gasteiger partial charge in [-0.25, -0.2) is 0 Å². The van der Waals surface area contributed by atoms with Crippen molar-refractivity contribution in [2.24, 2.45) is 5.92 Å². The molecule has 174 valence electrons. The number of carbonyl (C=O) groups is 1. The van der Waals surface area contributed by atoms with Crippen molar-refractivity contribution in [3.8, 4) is 0 Å². The molecule has 8 heteroatoms. The number of halogens is 3. The summed E-state index contributed by atoms with van der Waals surface area (Å²) in [4.78, 5) is 17.0. The van der Waals surface area contributed by atoms with Crippen LogP contribution in [0.15, 0.2) is 28.8 Å². The van der Waals surface area contributed by atoms with Gasteiger partial charge in [0, 0.05) is 32.2 Å². The van der Waals surface area contributed by atoms with E-state index in [-0.39, 0.29) is 5.91 Å². The quantitative estimate of drug-likeness (QED) is 0.647. The molecule has 0 N–H and O–H groups in total. The lowest BCUT2D eigenvalue weighted by atomic mass is 9.95. The topological polar surface area (TPSA) is 49.6 Å². The standard InChI is InChI=1S/C24H30F3N3O2/c1-29(23(31)22-20-9-2-3-10-21(20)28-32-22)15-18-7-5-12-30(16-18)13-11-17-6-4-8-19(14-17)24(25,26)27/h4,6,8,14,18H,2-3,5,7,9-13,15-16H2,1H3/t18-/m0/s1. The number of aromatic nitrogens is 1. The monoisotopic (exact) mass is 449 g/mol. The minimum atomic E-state index is -4.31. The number of aryl methyl sites for hydroxylation is 1. The first-order valence-electron chi connectivity index (χ1n) is 11.4. The normalized spacial score (nSPS) is 19.6. The highest BCUT2D eigenvalue weighted by atomic mass is 19.4. The largest absolute Gasteiger partial charge is 0.416 e. The highest BCUT2D eigenvalue weighted by molar-refractivity contribution is 5.93. The molecule has 1 aliphatic heterocycles. The Morgan fingerprint density at radius 2 is 2.06 bits per heavy atom. The van der Waals surface area contributed by atoms with E-state index in [9.17, 15) is 18.0 Å². The summed E-state index contributed by atoms with van der Waals surface area (Å²) >= 11 is 0. The summed E-state index contributed by atoms with van der Waals surface area (Å²) < 4.78 is 44.2. The first-order chi connectivity index (χ1) is 15.3. The van der Waals surface area contributed by atoms with E-state index in [1.165, 1.54) is 12.1 Å². The van der Waals surface area contributed by atoms with Crippen molar-refractivity contribution in [3.05, 3.63) is 52.4 Å². The van der Waals surface area contributed by atoms with Crippen molar-refractivity contribution in [2.45, 2.75) is 51.1 Å². The Labute approximate surface area is 186 Å². The van der Waals surface area contributed by atoms with Gasteiger partial charge in [0.2, 0.25) is 5.76 Å². The van der Waals surface area contributed by atoms with Crippen LogP contribution >= 0.6 is 0 Å². The van der Waals surface area contributed by atoms with Crippen LogP contribution in [-0.4, -0.2) is 54.1 Å². The summed E-state index contributed by atoms with van der Waals surface area (Å²) in [6.45, 7) is 3.12. The van der Waals surface area contributed by atoms with Crippen LogP contribution in [0.25, 0.3) is 0 Å². The molecule has 0 bridgehead atoms. The molecule has 2 heterocycles. The second-order valence-corrected chi connectivity index (χ2v) is 9.09. The zero-order valence-electron chi connectivity index (χ0n) is 18.5. The highest BCUT2D eigenvalue weighted by Gasteiger charge is 2.31. The molecule has 32 heavy (non-hydrogen) atoms. The molecule has 1 aromatic heterocycles. The molecule has 1 amide bonds. The van der Waals surface area contributed by atoms with Crippen molar-refractivity contribution in [1.82, 2.24) is 15.0 Å². The van der Waals surface area contributed by atoms with Gasteiger partial charge in [0.25, 0.3) is 5.91 Å². The fraction of sp³-hybridized carbons (Fsp3) is 0.583. The average molecular weight is 450 g/mol. The number of benzene rings is 1. The van der Waals surface area contributed by atoms with Crippen LogP contribution < -0.4 is 0 Å². The van der Waals surface area contributed by atoms with E-state index in [0.29, 0.717) is 36.8 Å². The minimum Gasteiger partial charge on any atom is -0.350 e. The predicted molar refractivity (Wildman–Crippen MR) is 114 cm³/mol. The number of hydrogen-bond donors (Lipinski definition) is 0. The van der Waals surface area contributed by atoms with Gasteiger partial charge < -0.3 is 14.3 Å². The van der Waals surface area contributed by atoms with Crippen LogP contribution in [0.4, 0.5) is 13.2 Å². The second-order valence-electron chi connectivity index (χ2n) is 9.09. The third kappa shape index (κ3) is 5.34. The molecule has 1 aliphatic carbocycles. The lowest BCUT2D eigenvalue weighted by Gasteiger charge is -2.34. The Hall–Kier alpha value is -2.35. The summed E-state index contributed by atoms with van der Waals surface area (Å²) in [5, 5.41) is 4.09. The number of nitrogens with zero attached hydrogens (tertiary/aromatic N) is 3. The van der Waals surface area contributed by atoms with Gasteiger partial charge in [-0.2, -0.15) is 13.2 Å². The summed E-state index contributed by atoms with van der Waals surface area (Å²) in [5.74, 6) is 0.610. The van der Waals surface area contributed by atoms with E-state index in [0.717, 1.165) is 68.9 Å². The third-order valence-electron chi connectivity index (χ3n) is 6.61. The van der Waals surface area contributed by atoms with Gasteiger partial charge in [-0.05, 0) is 69.0 Å². The minimum absolute atomic E-state index is 0.110. The van der Waals surface area contributed by atoms with Gasteiger partial charge in [0.05, 0.1) is 11.3 Å². The second kappa shape index (κ2) is 9.65. The van der Waals surface area contributed by atoms with E-state index in [4.69, 9.17) is 4.52 Å². The molecule has 1 atom stereocenters. The Morgan fingerprint density at radius 1 is 1.25 bits per heavy atom. The van der Waals surface area contributed by atoms with Crippen LogP contribution in [0.5, 0.6) is 0 Å². The summed E-state index contributed by atoms with van der Waals surface area (Å²) in [6.07, 6.45) is 2.18. The molecular formula is C24H30F3N3O2. The predicted octanol–water partition coefficient (Wildman–Crippen LogP) is 4.60. The molecular weight excluding hydrogens is 419 g/mol. The van der Waals surface area contributed by atoms with Gasteiger partial charge in [-0.15, -0.1) is 0 Å². The van der Waals surface area contributed by atoms with E-state index in [2.05, 4.69) is 10.1 Å². The molecule has 0 unspecified atom stereocenters. The number of fused-ring (bicyclic) bond motifs is 1. The smallest absolute Gasteiger partial charge is 0.350 e. The van der Waals surface area contributed by atoms with Crippen LogP contribution in [0.2, 0.25) is 0 Å². The maximum atomic E-state index is 12.9. The Morgan fingerprint density at radius 3 is 2.88 bits per heavy atom. The summed E-state index contributed by atoms with van der Waals surface area (Å²) in [7, 11) is 1.81. The van der Waals surface area contributed by atoms with E-state index in [1.54, 1.807) is 11.0 Å². The number of likely N-dealkylation sites (tertiary alicyclic amines) is 1. The number of piperidine rings is 1. The van der Waals surface area contributed by atoms with E-state index < -0.39 is 11.7 Å². The molecule has 0 saturated carbocycles. The van der Waals surface area contributed by atoms with Crippen LogP contribution in [-0.2, 0) is 25.4 Å². The lowest BCUT2D eigenvalue weighted by Crippen LogP contribution is -2.42. The maximum Gasteiger partial charge on any atom is 0.416 e. The van der Waals surface area contributed by atoms with Gasteiger partial charge >= 0.3 is 6.18 Å². The number of carbonyl (C=O) groups excluding carboxylic acids is 1. The zero-order chi connectivity index (χ0) is 22.7. The van der Waals surface area contributed by atoms with Crippen molar-refractivity contribution in [2.75, 3.05) is 33.2 Å². The molecule has 0 radical (unpaired) electrons. The molecule has 1 fully saturated rings. The Balaban J connectivity index is 1.30. The molecule has 4 rings (SSSR count). The molecule has 1 saturated heterocycles. The van der Waals surface area contributed by atoms with Gasteiger partial charge in [-0.1, -0.05) is 23.4 Å². The van der Waals surface area contributed by atoms with Crippen molar-refractivity contribution < 1.29 is 22.5 Å². The fourth-order valence-corrected chi connectivity index (χ4v) is 4.90. The van der Waals surface area contributed by atoms with E-state index in [1.807, 2.05) is 7.05 Å². The number of hydrogen-bond acceptors (Lipinski definition) is 4. The van der Waals surface area contributed by atoms with Gasteiger partial charge in [-0.3, -0.25) is 4.79 Å². The first-order valence-corrected chi connectivity index (χ1v) is 11.4. The molecule has 5 nitrogen and oxygen atoms in total. The van der Waals surface area contributed by atoms with Crippen LogP contribution in [0, 0.1) is 5.92 Å². The lowest BCUT2D eigenvalue weighted by molar-refractivity contribution is -0.137. The molecule has 2 aromatic rings. The Kier molecular flexibility index (Phi) is 6.88. The molecule has 2 aliphatic rings. The van der Waals surface area contributed by atoms with E-state index >= 15 is 0 Å². The Bertz CT molecular complexity index is 941. The highest BCUT2D eigenvalue weighted by Crippen LogP contribution is 2.30. The van der Waals surface area contributed by atoms with Crippen molar-refractivity contribution >= 4 is 5.91 Å². The van der Waals surface area contributed by atoms with Gasteiger partial charge in [0.1, 0.15) is 0 Å². The number of amides is 1. The van der Waals surface area contributed by atoms with Crippen LogP contribution in [0.1, 0.15) is 58.6 Å². The fourth-order valence-electron chi connectivity index (χ4n) is 4.90. The number of rotatable bonds is 6. The van der Waals surface area contributed by atoms with Gasteiger partial charge in [0.15, 0.2) is 0 Å².